The van der Waals surface area contributed by atoms with Gasteiger partial charge in [0.15, 0.2) is 0 Å². The van der Waals surface area contributed by atoms with Crippen molar-refractivity contribution in [1.29, 1.82) is 0 Å². The van der Waals surface area contributed by atoms with Crippen molar-refractivity contribution in [2.75, 3.05) is 13.2 Å². The molecule has 0 unspecified atom stereocenters. The smallest absolute Gasteiger partial charge is 0.108 e. The molecule has 0 N–H and O–H groups in total. The standard InChI is InChI=1S/C19H24O/c1-16(2)18-12-10-17(11-13-18)9-7-6-8-14-20-15-19(3,4)5/h10-13,16H,14-15H2,1-5H3. The molecular weight excluding hydrogens is 244 g/mol. The van der Waals surface area contributed by atoms with E-state index in [9.17, 15) is 0 Å². The quantitative estimate of drug-likeness (QED) is 0.589. The molecule has 0 aliphatic carbocycles. The third-order valence-corrected chi connectivity index (χ3v) is 2.64. The van der Waals surface area contributed by atoms with Crippen molar-refractivity contribution >= 4 is 0 Å². The maximum Gasteiger partial charge on any atom is 0.108 e. The van der Waals surface area contributed by atoms with Gasteiger partial charge < -0.3 is 4.74 Å². The molecular formula is C19H24O. The van der Waals surface area contributed by atoms with Gasteiger partial charge in [0.1, 0.15) is 6.61 Å². The Kier molecular flexibility index (Phi) is 6.37. The lowest BCUT2D eigenvalue weighted by Crippen LogP contribution is -2.14. The number of benzene rings is 1. The van der Waals surface area contributed by atoms with E-state index in [1.807, 2.05) is 12.1 Å². The van der Waals surface area contributed by atoms with E-state index in [-0.39, 0.29) is 5.41 Å². The summed E-state index contributed by atoms with van der Waals surface area (Å²) < 4.78 is 5.45. The Morgan fingerprint density at radius 3 is 2.25 bits per heavy atom. The lowest BCUT2D eigenvalue weighted by atomic mass is 9.99. The van der Waals surface area contributed by atoms with Gasteiger partial charge in [0.25, 0.3) is 0 Å². The second-order valence-electron chi connectivity index (χ2n) is 6.38. The first-order chi connectivity index (χ1) is 9.38. The summed E-state index contributed by atoms with van der Waals surface area (Å²) in [5, 5.41) is 0. The normalized spacial score (nSPS) is 10.5. The van der Waals surface area contributed by atoms with Crippen molar-refractivity contribution in [1.82, 2.24) is 0 Å². The van der Waals surface area contributed by atoms with Crippen LogP contribution in [-0.2, 0) is 4.74 Å². The lowest BCUT2D eigenvalue weighted by molar-refractivity contribution is 0.0943. The Balaban J connectivity index is 2.43. The molecule has 0 fully saturated rings. The summed E-state index contributed by atoms with van der Waals surface area (Å²) in [4.78, 5) is 0. The van der Waals surface area contributed by atoms with Crippen LogP contribution in [0.4, 0.5) is 0 Å². The SMILES string of the molecule is CC(C)c1ccc(C#CC#CCOCC(C)(C)C)cc1. The maximum absolute atomic E-state index is 5.45. The van der Waals surface area contributed by atoms with Crippen LogP contribution in [0.15, 0.2) is 24.3 Å². The molecule has 1 rings (SSSR count). The van der Waals surface area contributed by atoms with Crippen molar-refractivity contribution in [3.8, 4) is 23.7 Å². The molecule has 0 radical (unpaired) electrons. The van der Waals surface area contributed by atoms with Gasteiger partial charge in [-0.3, -0.25) is 0 Å². The Bertz CT molecular complexity index is 522. The molecule has 0 amide bonds. The summed E-state index contributed by atoms with van der Waals surface area (Å²) in [6.07, 6.45) is 0. The van der Waals surface area contributed by atoms with Gasteiger partial charge in [-0.25, -0.2) is 0 Å². The zero-order valence-electron chi connectivity index (χ0n) is 13.2. The van der Waals surface area contributed by atoms with Gasteiger partial charge >= 0.3 is 0 Å². The number of rotatable bonds is 3. The van der Waals surface area contributed by atoms with E-state index in [2.05, 4.69) is 70.4 Å². The molecule has 0 saturated heterocycles. The van der Waals surface area contributed by atoms with Crippen LogP contribution < -0.4 is 0 Å². The van der Waals surface area contributed by atoms with Gasteiger partial charge in [0, 0.05) is 5.56 Å². The minimum absolute atomic E-state index is 0.186. The molecule has 106 valence electrons. The molecule has 0 bridgehead atoms. The van der Waals surface area contributed by atoms with Crippen LogP contribution in [0.3, 0.4) is 0 Å². The van der Waals surface area contributed by atoms with E-state index in [0.717, 1.165) is 5.56 Å². The van der Waals surface area contributed by atoms with E-state index in [4.69, 9.17) is 4.74 Å². The minimum Gasteiger partial charge on any atom is -0.368 e. The van der Waals surface area contributed by atoms with Gasteiger partial charge in [-0.2, -0.15) is 0 Å². The number of hydrogen-bond donors (Lipinski definition) is 0. The van der Waals surface area contributed by atoms with Gasteiger partial charge in [0.2, 0.25) is 0 Å². The summed E-state index contributed by atoms with van der Waals surface area (Å²) >= 11 is 0. The highest BCUT2D eigenvalue weighted by Crippen LogP contribution is 2.14. The molecule has 1 aromatic rings. The monoisotopic (exact) mass is 268 g/mol. The predicted molar refractivity (Wildman–Crippen MR) is 85.5 cm³/mol. The summed E-state index contributed by atoms with van der Waals surface area (Å²) in [7, 11) is 0. The summed E-state index contributed by atoms with van der Waals surface area (Å²) in [5.74, 6) is 12.2. The molecule has 0 aliphatic heterocycles. The summed E-state index contributed by atoms with van der Waals surface area (Å²) in [6, 6.07) is 8.32. The second-order valence-corrected chi connectivity index (χ2v) is 6.38. The predicted octanol–water partition coefficient (Wildman–Crippen LogP) is 4.23. The van der Waals surface area contributed by atoms with Gasteiger partial charge in [0.05, 0.1) is 6.61 Å². The molecule has 1 aromatic carbocycles. The van der Waals surface area contributed by atoms with Gasteiger partial charge in [-0.05, 0) is 40.9 Å². The third-order valence-electron chi connectivity index (χ3n) is 2.64. The molecule has 20 heavy (non-hydrogen) atoms. The lowest BCUT2D eigenvalue weighted by Gasteiger charge is -2.16. The van der Waals surface area contributed by atoms with Gasteiger partial charge in [-0.15, -0.1) is 0 Å². The van der Waals surface area contributed by atoms with Crippen LogP contribution in [0.25, 0.3) is 0 Å². The minimum atomic E-state index is 0.186. The van der Waals surface area contributed by atoms with Crippen LogP contribution in [-0.4, -0.2) is 13.2 Å². The van der Waals surface area contributed by atoms with E-state index >= 15 is 0 Å². The van der Waals surface area contributed by atoms with Gasteiger partial charge in [-0.1, -0.05) is 58.6 Å². The average Bonchev–Trinajstić information content (AvgIpc) is 2.37. The highest BCUT2D eigenvalue weighted by atomic mass is 16.5. The fourth-order valence-electron chi connectivity index (χ4n) is 1.54. The fourth-order valence-corrected chi connectivity index (χ4v) is 1.54. The largest absolute Gasteiger partial charge is 0.368 e. The van der Waals surface area contributed by atoms with Crippen LogP contribution in [0.5, 0.6) is 0 Å². The molecule has 1 heteroatoms. The van der Waals surface area contributed by atoms with Crippen molar-refractivity contribution < 1.29 is 4.74 Å². The summed E-state index contributed by atoms with van der Waals surface area (Å²) in [6.45, 7) is 11.9. The van der Waals surface area contributed by atoms with Crippen LogP contribution >= 0.6 is 0 Å². The van der Waals surface area contributed by atoms with E-state index in [0.29, 0.717) is 19.1 Å². The van der Waals surface area contributed by atoms with E-state index < -0.39 is 0 Å². The van der Waals surface area contributed by atoms with Crippen molar-refractivity contribution in [3.05, 3.63) is 35.4 Å². The fraction of sp³-hybridized carbons (Fsp3) is 0.474. The van der Waals surface area contributed by atoms with Crippen LogP contribution in [0, 0.1) is 29.1 Å². The Hall–Kier alpha value is -1.70. The van der Waals surface area contributed by atoms with Crippen LogP contribution in [0.2, 0.25) is 0 Å². The Morgan fingerprint density at radius 2 is 1.70 bits per heavy atom. The average molecular weight is 268 g/mol. The Morgan fingerprint density at radius 1 is 1.05 bits per heavy atom. The Labute approximate surface area is 123 Å². The molecule has 0 saturated carbocycles. The zero-order valence-corrected chi connectivity index (χ0v) is 13.2. The maximum atomic E-state index is 5.45. The zero-order chi connectivity index (χ0) is 15.0. The molecule has 0 aromatic heterocycles. The van der Waals surface area contributed by atoms with Crippen molar-refractivity contribution in [2.24, 2.45) is 5.41 Å². The van der Waals surface area contributed by atoms with E-state index in [1.54, 1.807) is 0 Å². The van der Waals surface area contributed by atoms with Crippen molar-refractivity contribution in [2.45, 2.75) is 40.5 Å². The van der Waals surface area contributed by atoms with Crippen molar-refractivity contribution in [3.63, 3.8) is 0 Å². The molecule has 1 nitrogen and oxygen atoms in total. The first kappa shape index (κ1) is 16.4. The second kappa shape index (κ2) is 7.78. The first-order valence-corrected chi connectivity index (χ1v) is 7.05. The highest BCUT2D eigenvalue weighted by Gasteiger charge is 2.08. The number of ether oxygens (including phenoxy) is 1. The molecule has 0 atom stereocenters. The van der Waals surface area contributed by atoms with Crippen LogP contribution in [0.1, 0.15) is 51.7 Å². The topological polar surface area (TPSA) is 9.23 Å². The highest BCUT2D eigenvalue weighted by molar-refractivity contribution is 5.41. The summed E-state index contributed by atoms with van der Waals surface area (Å²) in [5.41, 5.74) is 2.52. The third kappa shape index (κ3) is 7.03. The molecule has 0 aliphatic rings. The molecule has 0 spiro atoms. The first-order valence-electron chi connectivity index (χ1n) is 7.05. The molecule has 0 heterocycles. The van der Waals surface area contributed by atoms with E-state index in [1.165, 1.54) is 5.56 Å². The number of hydrogen-bond acceptors (Lipinski definition) is 1.